The highest BCUT2D eigenvalue weighted by molar-refractivity contribution is 7.93. The van der Waals surface area contributed by atoms with Crippen molar-refractivity contribution in [2.45, 2.75) is 43.2 Å². The summed E-state index contributed by atoms with van der Waals surface area (Å²) in [4.78, 5) is 12.2. The lowest BCUT2D eigenvalue weighted by atomic mass is 10.1. The van der Waals surface area contributed by atoms with E-state index < -0.39 is 54.3 Å². The van der Waals surface area contributed by atoms with Crippen LogP contribution in [0.3, 0.4) is 0 Å². The van der Waals surface area contributed by atoms with Crippen molar-refractivity contribution in [1.82, 2.24) is 15.5 Å². The zero-order chi connectivity index (χ0) is 27.9. The molecule has 0 aliphatic heterocycles. The van der Waals surface area contributed by atoms with Crippen molar-refractivity contribution in [3.63, 3.8) is 0 Å². The number of rotatable bonds is 7. The van der Waals surface area contributed by atoms with Gasteiger partial charge >= 0.3 is 12.5 Å². The molecular weight excluding hydrogens is 562 g/mol. The van der Waals surface area contributed by atoms with Crippen LogP contribution < -0.4 is 14.4 Å². The van der Waals surface area contributed by atoms with Crippen molar-refractivity contribution in [2.75, 3.05) is 10.9 Å². The van der Waals surface area contributed by atoms with E-state index in [0.717, 1.165) is 35.8 Å². The van der Waals surface area contributed by atoms with Crippen LogP contribution in [0, 0.1) is 0 Å². The Morgan fingerprint density at radius 3 is 2.42 bits per heavy atom. The van der Waals surface area contributed by atoms with E-state index in [0.29, 0.717) is 22.5 Å². The zero-order valence-corrected chi connectivity index (χ0v) is 20.9. The van der Waals surface area contributed by atoms with Crippen molar-refractivity contribution in [3.8, 4) is 5.75 Å². The molecule has 3 aromatic rings. The number of alkyl halides is 6. The van der Waals surface area contributed by atoms with Crippen molar-refractivity contribution in [1.29, 1.82) is 0 Å². The molecule has 8 nitrogen and oxygen atoms in total. The Morgan fingerprint density at radius 1 is 1.11 bits per heavy atom. The van der Waals surface area contributed by atoms with Gasteiger partial charge in [-0.05, 0) is 61.2 Å². The summed E-state index contributed by atoms with van der Waals surface area (Å²) in [6.07, 6.45) is -9.62. The number of sulfonamides is 1. The summed E-state index contributed by atoms with van der Waals surface area (Å²) in [6, 6.07) is 5.36. The van der Waals surface area contributed by atoms with Gasteiger partial charge in [0, 0.05) is 6.04 Å². The minimum atomic E-state index is -5.30. The van der Waals surface area contributed by atoms with Crippen molar-refractivity contribution in [2.24, 2.45) is 0 Å². The van der Waals surface area contributed by atoms with Gasteiger partial charge in [0.15, 0.2) is 0 Å². The third kappa shape index (κ3) is 5.55. The predicted molar refractivity (Wildman–Crippen MR) is 123 cm³/mol. The predicted octanol–water partition coefficient (Wildman–Crippen LogP) is 4.57. The van der Waals surface area contributed by atoms with Gasteiger partial charge in [-0.3, -0.25) is 4.79 Å². The number of carbonyl (C=O) groups is 1. The van der Waals surface area contributed by atoms with Gasteiger partial charge < -0.3 is 10.1 Å². The molecule has 0 saturated heterocycles. The van der Waals surface area contributed by atoms with Crippen LogP contribution in [-0.4, -0.2) is 43.5 Å². The summed E-state index contributed by atoms with van der Waals surface area (Å²) in [7, 11) is -5.09. The van der Waals surface area contributed by atoms with Crippen LogP contribution in [-0.2, 0) is 29.0 Å². The molecule has 0 bridgehead atoms. The van der Waals surface area contributed by atoms with Crippen LogP contribution in [0.4, 0.5) is 31.5 Å². The number of nitrogens with one attached hydrogen (secondary N) is 1. The fourth-order valence-electron chi connectivity index (χ4n) is 3.99. The molecule has 0 fully saturated rings. The zero-order valence-electron chi connectivity index (χ0n) is 19.3. The molecule has 1 N–H and O–H groups in total. The molecule has 1 unspecified atom stereocenters. The lowest BCUT2D eigenvalue weighted by Crippen LogP contribution is -2.43. The molecule has 0 spiro atoms. The summed E-state index contributed by atoms with van der Waals surface area (Å²) >= 11 is 0.401. The number of aromatic nitrogens is 2. The van der Waals surface area contributed by atoms with E-state index in [-0.39, 0.29) is 30.8 Å². The second-order valence-electron chi connectivity index (χ2n) is 8.11. The number of benzene rings is 2. The standard InChI is InChI=1S/C22H18F6N4O4S2/c1-2-36-18-10-14(21(23,24)25)4-6-17(18)19(33)30-15-7-12-3-5-16(9-13(12)8-15)38(34,35)32(22(26,27)28)20-31-29-11-37-20/h3-6,9-11,15H,2,7-8H2,1H3,(H,30,33). The van der Waals surface area contributed by atoms with Crippen LogP contribution in [0.15, 0.2) is 46.8 Å². The summed E-state index contributed by atoms with van der Waals surface area (Å²) in [6.45, 7) is 1.56. The highest BCUT2D eigenvalue weighted by atomic mass is 32.2. The van der Waals surface area contributed by atoms with Crippen molar-refractivity contribution in [3.05, 3.63) is 64.2 Å². The molecule has 1 aliphatic rings. The van der Waals surface area contributed by atoms with E-state index >= 15 is 0 Å². The lowest BCUT2D eigenvalue weighted by Gasteiger charge is -2.23. The molecule has 0 radical (unpaired) electrons. The highest BCUT2D eigenvalue weighted by Gasteiger charge is 2.48. The van der Waals surface area contributed by atoms with Gasteiger partial charge in [-0.15, -0.1) is 27.7 Å². The van der Waals surface area contributed by atoms with E-state index in [1.54, 1.807) is 6.92 Å². The number of halogens is 6. The Morgan fingerprint density at radius 2 is 1.82 bits per heavy atom. The van der Waals surface area contributed by atoms with Crippen molar-refractivity contribution >= 4 is 32.4 Å². The van der Waals surface area contributed by atoms with Gasteiger partial charge in [-0.2, -0.15) is 13.2 Å². The Hall–Kier alpha value is -3.40. The minimum Gasteiger partial charge on any atom is -0.493 e. The molecular formula is C22H18F6N4O4S2. The number of anilines is 1. The van der Waals surface area contributed by atoms with E-state index in [1.165, 1.54) is 6.07 Å². The SMILES string of the molecule is CCOc1cc(C(F)(F)F)ccc1C(=O)NC1Cc2ccc(S(=O)(=O)N(c3nncs3)C(F)(F)F)cc2C1. The Bertz CT molecular complexity index is 1440. The Labute approximate surface area is 216 Å². The van der Waals surface area contributed by atoms with E-state index in [1.807, 2.05) is 0 Å². The summed E-state index contributed by atoms with van der Waals surface area (Å²) in [5.41, 5.74) is 0.847. The van der Waals surface area contributed by atoms with Gasteiger partial charge in [-0.25, -0.2) is 8.42 Å². The van der Waals surface area contributed by atoms with Gasteiger partial charge in [0.1, 0.15) is 11.3 Å². The number of nitrogens with zero attached hydrogens (tertiary/aromatic N) is 3. The number of carbonyl (C=O) groups excluding carboxylic acids is 1. The minimum absolute atomic E-state index is 0.0136. The van der Waals surface area contributed by atoms with Crippen LogP contribution in [0.25, 0.3) is 0 Å². The number of fused-ring (bicyclic) bond motifs is 1. The first-order chi connectivity index (χ1) is 17.7. The monoisotopic (exact) mass is 580 g/mol. The second-order valence-corrected chi connectivity index (χ2v) is 10.7. The van der Waals surface area contributed by atoms with Crippen LogP contribution in [0.5, 0.6) is 5.75 Å². The fraction of sp³-hybridized carbons (Fsp3) is 0.318. The van der Waals surface area contributed by atoms with Crippen LogP contribution in [0.1, 0.15) is 34.0 Å². The topological polar surface area (TPSA) is 101 Å². The quantitative estimate of drug-likeness (QED) is 0.325. The normalized spacial score (nSPS) is 15.7. The highest BCUT2D eigenvalue weighted by Crippen LogP contribution is 2.37. The number of amides is 1. The summed E-state index contributed by atoms with van der Waals surface area (Å²) in [5.74, 6) is -0.972. The third-order valence-corrected chi connectivity index (χ3v) is 8.09. The Balaban J connectivity index is 1.55. The first kappa shape index (κ1) is 27.6. The average Bonchev–Trinajstić information content (AvgIpc) is 3.46. The first-order valence-electron chi connectivity index (χ1n) is 10.9. The smallest absolute Gasteiger partial charge is 0.493 e. The largest absolute Gasteiger partial charge is 0.500 e. The first-order valence-corrected chi connectivity index (χ1v) is 13.2. The number of ether oxygens (including phenoxy) is 1. The molecule has 2 aromatic carbocycles. The van der Waals surface area contributed by atoms with E-state index in [2.05, 4.69) is 15.5 Å². The van der Waals surface area contributed by atoms with Crippen LogP contribution >= 0.6 is 11.3 Å². The molecule has 204 valence electrons. The third-order valence-electron chi connectivity index (χ3n) is 5.59. The Kier molecular flexibility index (Phi) is 7.31. The van der Waals surface area contributed by atoms with Gasteiger partial charge in [0.05, 0.1) is 22.6 Å². The molecule has 1 atom stereocenters. The molecule has 1 amide bonds. The molecule has 38 heavy (non-hydrogen) atoms. The maximum Gasteiger partial charge on any atom is 0.500 e. The number of hydrogen-bond acceptors (Lipinski definition) is 7. The van der Waals surface area contributed by atoms with E-state index in [4.69, 9.17) is 4.74 Å². The molecule has 4 rings (SSSR count). The lowest BCUT2D eigenvalue weighted by molar-refractivity contribution is -0.137. The molecule has 16 heteroatoms. The van der Waals surface area contributed by atoms with Gasteiger partial charge in [0.25, 0.3) is 15.9 Å². The number of hydrogen-bond donors (Lipinski definition) is 1. The summed E-state index contributed by atoms with van der Waals surface area (Å²) < 4.78 is 110. The van der Waals surface area contributed by atoms with E-state index in [9.17, 15) is 39.6 Å². The van der Waals surface area contributed by atoms with Crippen LogP contribution in [0.2, 0.25) is 0 Å². The maximum absolute atomic E-state index is 13.6. The second kappa shape index (κ2) is 10.1. The molecule has 1 aliphatic carbocycles. The molecule has 1 heterocycles. The fourth-order valence-corrected chi connectivity index (χ4v) is 6.15. The summed E-state index contributed by atoms with van der Waals surface area (Å²) in [5, 5.41) is 8.31. The molecule has 1 aromatic heterocycles. The van der Waals surface area contributed by atoms with Gasteiger partial charge in [0.2, 0.25) is 5.13 Å². The van der Waals surface area contributed by atoms with Gasteiger partial charge in [-0.1, -0.05) is 17.4 Å². The van der Waals surface area contributed by atoms with Crippen molar-refractivity contribution < 1.29 is 44.3 Å². The average molecular weight is 581 g/mol. The maximum atomic E-state index is 13.6. The molecule has 0 saturated carbocycles.